The minimum atomic E-state index is -0.902. The largest absolute Gasteiger partial charge is 0.478 e. The van der Waals surface area contributed by atoms with Gasteiger partial charge in [-0.2, -0.15) is 0 Å². The third kappa shape index (κ3) is 3.43. The Bertz CT molecular complexity index is 940. The molecule has 0 amide bonds. The zero-order chi connectivity index (χ0) is 19.8. The summed E-state index contributed by atoms with van der Waals surface area (Å²) in [5.74, 6) is -0.902. The van der Waals surface area contributed by atoms with Crippen LogP contribution in [0.4, 0.5) is 0 Å². The number of rotatable bonds is 3. The minimum absolute atomic E-state index is 0.0468. The number of hydrogen-bond acceptors (Lipinski definition) is 3. The quantitative estimate of drug-likeness (QED) is 0.825. The molecule has 0 aromatic heterocycles. The standard InChI is InChI=1S/C23H25ClN2O2/c1-15-6-3-4-8-18(15)22-20-12-16(24)9-10-19(20)21(23(27)28)14-26(22)17-7-5-11-25(2)13-17/h3-4,6,8-10,12,14,17,22H,5,7,11,13H2,1-2H3,(H,27,28). The van der Waals surface area contributed by atoms with E-state index in [0.717, 1.165) is 37.1 Å². The Morgan fingerprint density at radius 2 is 1.96 bits per heavy atom. The summed E-state index contributed by atoms with van der Waals surface area (Å²) >= 11 is 6.36. The molecular weight excluding hydrogens is 372 g/mol. The number of benzene rings is 2. The lowest BCUT2D eigenvalue weighted by Crippen LogP contribution is -2.47. The van der Waals surface area contributed by atoms with Crippen LogP contribution in [0.3, 0.4) is 0 Å². The Kier molecular flexibility index (Phi) is 5.17. The fourth-order valence-electron chi connectivity index (χ4n) is 4.55. The molecule has 146 valence electrons. The first kappa shape index (κ1) is 19.0. The van der Waals surface area contributed by atoms with E-state index in [1.165, 1.54) is 11.1 Å². The number of aryl methyl sites for hydroxylation is 1. The minimum Gasteiger partial charge on any atom is -0.478 e. The van der Waals surface area contributed by atoms with Crippen LogP contribution in [0.5, 0.6) is 0 Å². The summed E-state index contributed by atoms with van der Waals surface area (Å²) < 4.78 is 0. The van der Waals surface area contributed by atoms with Crippen LogP contribution in [0.15, 0.2) is 48.7 Å². The Morgan fingerprint density at radius 1 is 1.18 bits per heavy atom. The van der Waals surface area contributed by atoms with Crippen molar-refractivity contribution in [2.24, 2.45) is 0 Å². The van der Waals surface area contributed by atoms with Gasteiger partial charge in [0.15, 0.2) is 0 Å². The normalized spacial score (nSPS) is 22.5. The van der Waals surface area contributed by atoms with Crippen molar-refractivity contribution < 1.29 is 9.90 Å². The van der Waals surface area contributed by atoms with Gasteiger partial charge in [-0.05, 0) is 67.7 Å². The first-order valence-corrected chi connectivity index (χ1v) is 10.1. The Morgan fingerprint density at radius 3 is 2.68 bits per heavy atom. The summed E-state index contributed by atoms with van der Waals surface area (Å²) in [5, 5.41) is 10.5. The van der Waals surface area contributed by atoms with Crippen LogP contribution in [0.25, 0.3) is 5.57 Å². The van der Waals surface area contributed by atoms with E-state index < -0.39 is 5.97 Å². The molecule has 1 saturated heterocycles. The van der Waals surface area contributed by atoms with Crippen molar-refractivity contribution in [2.45, 2.75) is 31.8 Å². The van der Waals surface area contributed by atoms with Gasteiger partial charge in [0.2, 0.25) is 0 Å². The predicted molar refractivity (Wildman–Crippen MR) is 112 cm³/mol. The second-order valence-electron chi connectivity index (χ2n) is 7.84. The highest BCUT2D eigenvalue weighted by Gasteiger charge is 2.36. The Labute approximate surface area is 171 Å². The molecular formula is C23H25ClN2O2. The van der Waals surface area contributed by atoms with Crippen LogP contribution in [0, 0.1) is 6.92 Å². The van der Waals surface area contributed by atoms with Crippen molar-refractivity contribution >= 4 is 23.1 Å². The lowest BCUT2D eigenvalue weighted by Gasteiger charge is -2.45. The monoisotopic (exact) mass is 396 g/mol. The number of carbonyl (C=O) groups is 1. The zero-order valence-electron chi connectivity index (χ0n) is 16.2. The smallest absolute Gasteiger partial charge is 0.337 e. The second kappa shape index (κ2) is 7.61. The van der Waals surface area contributed by atoms with Crippen molar-refractivity contribution in [1.29, 1.82) is 0 Å². The van der Waals surface area contributed by atoms with Crippen molar-refractivity contribution in [2.75, 3.05) is 20.1 Å². The van der Waals surface area contributed by atoms with E-state index in [1.807, 2.05) is 30.5 Å². The average molecular weight is 397 g/mol. The predicted octanol–water partition coefficient (Wildman–Crippen LogP) is 4.57. The number of halogens is 1. The molecule has 0 spiro atoms. The molecule has 2 unspecified atom stereocenters. The molecule has 4 rings (SSSR count). The molecule has 2 aliphatic heterocycles. The molecule has 2 atom stereocenters. The third-order valence-corrected chi connectivity index (χ3v) is 6.14. The fourth-order valence-corrected chi connectivity index (χ4v) is 4.73. The van der Waals surface area contributed by atoms with E-state index in [0.29, 0.717) is 10.6 Å². The number of likely N-dealkylation sites (tertiary alicyclic amines) is 1. The van der Waals surface area contributed by atoms with E-state index in [9.17, 15) is 9.90 Å². The number of piperidine rings is 1. The van der Waals surface area contributed by atoms with Gasteiger partial charge in [-0.25, -0.2) is 4.79 Å². The summed E-state index contributed by atoms with van der Waals surface area (Å²) in [4.78, 5) is 16.7. The van der Waals surface area contributed by atoms with Gasteiger partial charge in [0.05, 0.1) is 11.6 Å². The molecule has 28 heavy (non-hydrogen) atoms. The Balaban J connectivity index is 1.92. The Hall–Kier alpha value is -2.30. The summed E-state index contributed by atoms with van der Waals surface area (Å²) in [6.07, 6.45) is 4.02. The van der Waals surface area contributed by atoms with Gasteiger partial charge in [-0.3, -0.25) is 0 Å². The maximum Gasteiger partial charge on any atom is 0.337 e. The molecule has 5 heteroatoms. The van der Waals surface area contributed by atoms with Gasteiger partial charge < -0.3 is 14.9 Å². The van der Waals surface area contributed by atoms with Gasteiger partial charge >= 0.3 is 5.97 Å². The van der Waals surface area contributed by atoms with Crippen LogP contribution in [-0.2, 0) is 4.79 Å². The number of nitrogens with zero attached hydrogens (tertiary/aromatic N) is 2. The molecule has 0 aliphatic carbocycles. The van der Waals surface area contributed by atoms with Gasteiger partial charge in [0.1, 0.15) is 0 Å². The van der Waals surface area contributed by atoms with E-state index >= 15 is 0 Å². The molecule has 0 radical (unpaired) electrons. The molecule has 4 nitrogen and oxygen atoms in total. The number of fused-ring (bicyclic) bond motifs is 1. The lowest BCUT2D eigenvalue weighted by atomic mass is 9.84. The topological polar surface area (TPSA) is 43.8 Å². The highest BCUT2D eigenvalue weighted by atomic mass is 35.5. The SMILES string of the molecule is Cc1ccccc1C1c2cc(Cl)ccc2C(C(=O)O)=CN1C1CCCN(C)C1. The summed E-state index contributed by atoms with van der Waals surface area (Å²) in [6, 6.07) is 14.1. The molecule has 1 N–H and O–H groups in total. The van der Waals surface area contributed by atoms with Crippen molar-refractivity contribution in [3.05, 3.63) is 75.9 Å². The first-order chi connectivity index (χ1) is 13.5. The highest BCUT2D eigenvalue weighted by Crippen LogP contribution is 2.43. The molecule has 2 heterocycles. The molecule has 2 aromatic carbocycles. The number of likely N-dealkylation sites (N-methyl/N-ethyl adjacent to an activating group) is 1. The van der Waals surface area contributed by atoms with Crippen molar-refractivity contribution in [1.82, 2.24) is 9.80 Å². The number of hydrogen-bond donors (Lipinski definition) is 1. The third-order valence-electron chi connectivity index (χ3n) is 5.91. The molecule has 2 aliphatic rings. The lowest BCUT2D eigenvalue weighted by molar-refractivity contribution is -0.130. The second-order valence-corrected chi connectivity index (χ2v) is 8.28. The molecule has 0 bridgehead atoms. The van der Waals surface area contributed by atoms with E-state index in [-0.39, 0.29) is 12.1 Å². The average Bonchev–Trinajstić information content (AvgIpc) is 2.67. The number of carboxylic acid groups (broad SMARTS) is 1. The first-order valence-electron chi connectivity index (χ1n) is 9.72. The number of aliphatic carboxylic acids is 1. The van der Waals surface area contributed by atoms with E-state index in [1.54, 1.807) is 6.07 Å². The van der Waals surface area contributed by atoms with Crippen LogP contribution < -0.4 is 0 Å². The molecule has 2 aromatic rings. The maximum absolute atomic E-state index is 12.1. The van der Waals surface area contributed by atoms with Gasteiger partial charge in [0.25, 0.3) is 0 Å². The van der Waals surface area contributed by atoms with E-state index in [2.05, 4.69) is 35.9 Å². The number of carboxylic acids is 1. The van der Waals surface area contributed by atoms with Gasteiger partial charge in [-0.1, -0.05) is 41.9 Å². The maximum atomic E-state index is 12.1. The zero-order valence-corrected chi connectivity index (χ0v) is 17.0. The molecule has 1 fully saturated rings. The highest BCUT2D eigenvalue weighted by molar-refractivity contribution is 6.30. The van der Waals surface area contributed by atoms with Crippen molar-refractivity contribution in [3.63, 3.8) is 0 Å². The summed E-state index contributed by atoms with van der Waals surface area (Å²) in [6.45, 7) is 4.11. The van der Waals surface area contributed by atoms with E-state index in [4.69, 9.17) is 11.6 Å². The van der Waals surface area contributed by atoms with Crippen molar-refractivity contribution in [3.8, 4) is 0 Å². The van der Waals surface area contributed by atoms with Crippen LogP contribution in [0.1, 0.15) is 41.1 Å². The van der Waals surface area contributed by atoms with Crippen LogP contribution >= 0.6 is 11.6 Å². The van der Waals surface area contributed by atoms with Gasteiger partial charge in [0, 0.05) is 23.8 Å². The molecule has 0 saturated carbocycles. The van der Waals surface area contributed by atoms with Gasteiger partial charge in [-0.15, -0.1) is 0 Å². The summed E-state index contributed by atoms with van der Waals surface area (Å²) in [5.41, 5.74) is 4.45. The van der Waals surface area contributed by atoms with Crippen LogP contribution in [-0.4, -0.2) is 47.1 Å². The van der Waals surface area contributed by atoms with Crippen LogP contribution in [0.2, 0.25) is 5.02 Å². The fraction of sp³-hybridized carbons (Fsp3) is 0.348. The summed E-state index contributed by atoms with van der Waals surface area (Å²) in [7, 11) is 2.13.